The van der Waals surface area contributed by atoms with Crippen LogP contribution in [0, 0.1) is 5.92 Å². The molecule has 1 saturated heterocycles. The normalized spacial score (nSPS) is 25.4. The van der Waals surface area contributed by atoms with Gasteiger partial charge in [-0.3, -0.25) is 0 Å². The van der Waals surface area contributed by atoms with E-state index in [1.807, 2.05) is 24.3 Å². The van der Waals surface area contributed by atoms with Crippen molar-refractivity contribution in [3.05, 3.63) is 29.8 Å². The summed E-state index contributed by atoms with van der Waals surface area (Å²) in [6, 6.07) is 7.94. The minimum Gasteiger partial charge on any atom is -0.496 e. The molecular weight excluding hydrogens is 204 g/mol. The third kappa shape index (κ3) is 2.54. The molecule has 2 rings (SSSR count). The molecule has 2 atom stereocenters. The van der Waals surface area contributed by atoms with Crippen LogP contribution >= 0.6 is 0 Å². The van der Waals surface area contributed by atoms with E-state index in [2.05, 4.69) is 0 Å². The number of rotatable bonds is 3. The average molecular weight is 222 g/mol. The Balaban J connectivity index is 2.07. The summed E-state index contributed by atoms with van der Waals surface area (Å²) in [5, 5.41) is 9.87. The van der Waals surface area contributed by atoms with Gasteiger partial charge in [0, 0.05) is 12.5 Å². The first-order chi connectivity index (χ1) is 7.81. The van der Waals surface area contributed by atoms with Crippen molar-refractivity contribution in [3.63, 3.8) is 0 Å². The fraction of sp³-hybridized carbons (Fsp3) is 0.538. The predicted molar refractivity (Wildman–Crippen MR) is 61.6 cm³/mol. The molecule has 88 valence electrons. The SMILES string of the molecule is COc1ccccc1CC1COCCC1O. The number of para-hydroxylation sites is 1. The Bertz CT molecular complexity index is 338. The Morgan fingerprint density at radius 2 is 2.25 bits per heavy atom. The Kier molecular flexibility index (Phi) is 3.80. The first-order valence-corrected chi connectivity index (χ1v) is 5.69. The number of methoxy groups -OCH3 is 1. The molecule has 0 aliphatic carbocycles. The second-order valence-corrected chi connectivity index (χ2v) is 4.21. The zero-order chi connectivity index (χ0) is 11.4. The second kappa shape index (κ2) is 5.32. The lowest BCUT2D eigenvalue weighted by Crippen LogP contribution is -2.33. The van der Waals surface area contributed by atoms with Crippen LogP contribution in [0.3, 0.4) is 0 Å². The maximum Gasteiger partial charge on any atom is 0.122 e. The van der Waals surface area contributed by atoms with Gasteiger partial charge < -0.3 is 14.6 Å². The Morgan fingerprint density at radius 3 is 3.00 bits per heavy atom. The van der Waals surface area contributed by atoms with Crippen LogP contribution in [-0.4, -0.2) is 31.5 Å². The Labute approximate surface area is 96.0 Å². The smallest absolute Gasteiger partial charge is 0.122 e. The van der Waals surface area contributed by atoms with E-state index in [1.165, 1.54) is 0 Å². The average Bonchev–Trinajstić information content (AvgIpc) is 2.33. The highest BCUT2D eigenvalue weighted by Gasteiger charge is 2.24. The quantitative estimate of drug-likeness (QED) is 0.845. The highest BCUT2D eigenvalue weighted by molar-refractivity contribution is 5.33. The lowest BCUT2D eigenvalue weighted by molar-refractivity contribution is -0.0351. The molecule has 0 saturated carbocycles. The predicted octanol–water partition coefficient (Wildman–Crippen LogP) is 1.64. The van der Waals surface area contributed by atoms with Crippen molar-refractivity contribution in [3.8, 4) is 5.75 Å². The summed E-state index contributed by atoms with van der Waals surface area (Å²) in [7, 11) is 1.67. The van der Waals surface area contributed by atoms with Gasteiger partial charge in [0.2, 0.25) is 0 Å². The highest BCUT2D eigenvalue weighted by atomic mass is 16.5. The van der Waals surface area contributed by atoms with E-state index in [9.17, 15) is 5.11 Å². The van der Waals surface area contributed by atoms with Crippen LogP contribution in [0.4, 0.5) is 0 Å². The van der Waals surface area contributed by atoms with E-state index in [0.29, 0.717) is 13.2 Å². The van der Waals surface area contributed by atoms with Gasteiger partial charge in [0.05, 0.1) is 19.8 Å². The molecule has 3 heteroatoms. The molecule has 0 radical (unpaired) electrons. The van der Waals surface area contributed by atoms with Crippen LogP contribution in [0.1, 0.15) is 12.0 Å². The largest absolute Gasteiger partial charge is 0.496 e. The van der Waals surface area contributed by atoms with Gasteiger partial charge in [-0.15, -0.1) is 0 Å². The van der Waals surface area contributed by atoms with Gasteiger partial charge in [-0.25, -0.2) is 0 Å². The van der Waals surface area contributed by atoms with Crippen LogP contribution in [0.25, 0.3) is 0 Å². The molecule has 2 unspecified atom stereocenters. The number of aliphatic hydroxyl groups excluding tert-OH is 1. The van der Waals surface area contributed by atoms with Gasteiger partial charge in [-0.05, 0) is 24.5 Å². The molecule has 0 amide bonds. The molecule has 1 fully saturated rings. The number of ether oxygens (including phenoxy) is 2. The van der Waals surface area contributed by atoms with Crippen molar-refractivity contribution in [2.45, 2.75) is 18.9 Å². The minimum absolute atomic E-state index is 0.185. The van der Waals surface area contributed by atoms with E-state index in [1.54, 1.807) is 7.11 Å². The summed E-state index contributed by atoms with van der Waals surface area (Å²) in [5.74, 6) is 1.07. The molecular formula is C13H18O3. The zero-order valence-corrected chi connectivity index (χ0v) is 9.56. The topological polar surface area (TPSA) is 38.7 Å². The summed E-state index contributed by atoms with van der Waals surface area (Å²) in [4.78, 5) is 0. The second-order valence-electron chi connectivity index (χ2n) is 4.21. The van der Waals surface area contributed by atoms with Gasteiger partial charge in [0.25, 0.3) is 0 Å². The van der Waals surface area contributed by atoms with E-state index in [4.69, 9.17) is 9.47 Å². The van der Waals surface area contributed by atoms with Gasteiger partial charge in [-0.2, -0.15) is 0 Å². The number of hydrogen-bond acceptors (Lipinski definition) is 3. The zero-order valence-electron chi connectivity index (χ0n) is 9.56. The van der Waals surface area contributed by atoms with E-state index < -0.39 is 0 Å². The fourth-order valence-electron chi connectivity index (χ4n) is 2.13. The summed E-state index contributed by atoms with van der Waals surface area (Å²) in [6.45, 7) is 1.31. The van der Waals surface area contributed by atoms with Gasteiger partial charge in [-0.1, -0.05) is 18.2 Å². The number of hydrogen-bond donors (Lipinski definition) is 1. The van der Waals surface area contributed by atoms with E-state index >= 15 is 0 Å². The first-order valence-electron chi connectivity index (χ1n) is 5.69. The highest BCUT2D eigenvalue weighted by Crippen LogP contribution is 2.25. The van der Waals surface area contributed by atoms with E-state index in [-0.39, 0.29) is 12.0 Å². The van der Waals surface area contributed by atoms with Crippen LogP contribution in [0.5, 0.6) is 5.75 Å². The van der Waals surface area contributed by atoms with Crippen molar-refractivity contribution in [2.24, 2.45) is 5.92 Å². The molecule has 1 N–H and O–H groups in total. The molecule has 1 aromatic rings. The molecule has 1 aromatic carbocycles. The lowest BCUT2D eigenvalue weighted by atomic mass is 9.91. The molecule has 16 heavy (non-hydrogen) atoms. The van der Waals surface area contributed by atoms with Crippen LogP contribution in [0.15, 0.2) is 24.3 Å². The molecule has 0 spiro atoms. The molecule has 1 aliphatic rings. The van der Waals surface area contributed by atoms with Crippen molar-refractivity contribution in [1.29, 1.82) is 0 Å². The monoisotopic (exact) mass is 222 g/mol. The standard InChI is InChI=1S/C13H18O3/c1-15-13-5-3-2-4-10(13)8-11-9-16-7-6-12(11)14/h2-5,11-12,14H,6-9H2,1H3. The Morgan fingerprint density at radius 1 is 1.44 bits per heavy atom. The molecule has 0 aromatic heterocycles. The summed E-state index contributed by atoms with van der Waals surface area (Å²) in [5.41, 5.74) is 1.14. The number of benzene rings is 1. The van der Waals surface area contributed by atoms with Crippen LogP contribution in [-0.2, 0) is 11.2 Å². The fourth-order valence-corrected chi connectivity index (χ4v) is 2.13. The van der Waals surface area contributed by atoms with Crippen molar-refractivity contribution in [1.82, 2.24) is 0 Å². The third-order valence-corrected chi connectivity index (χ3v) is 3.11. The van der Waals surface area contributed by atoms with Crippen LogP contribution in [0.2, 0.25) is 0 Å². The molecule has 3 nitrogen and oxygen atoms in total. The van der Waals surface area contributed by atoms with Crippen molar-refractivity contribution < 1.29 is 14.6 Å². The maximum atomic E-state index is 9.87. The molecule has 0 bridgehead atoms. The minimum atomic E-state index is -0.251. The van der Waals surface area contributed by atoms with E-state index in [0.717, 1.165) is 24.2 Å². The molecule has 1 heterocycles. The van der Waals surface area contributed by atoms with Crippen molar-refractivity contribution in [2.75, 3.05) is 20.3 Å². The first kappa shape index (κ1) is 11.4. The number of aliphatic hydroxyl groups is 1. The van der Waals surface area contributed by atoms with Gasteiger partial charge in [0.1, 0.15) is 5.75 Å². The van der Waals surface area contributed by atoms with Crippen molar-refractivity contribution >= 4 is 0 Å². The lowest BCUT2D eigenvalue weighted by Gasteiger charge is -2.28. The Hall–Kier alpha value is -1.06. The summed E-state index contributed by atoms with van der Waals surface area (Å²) < 4.78 is 10.7. The third-order valence-electron chi connectivity index (χ3n) is 3.11. The maximum absolute atomic E-state index is 9.87. The summed E-state index contributed by atoms with van der Waals surface area (Å²) in [6.07, 6.45) is 1.30. The molecule has 1 aliphatic heterocycles. The van der Waals surface area contributed by atoms with Gasteiger partial charge >= 0.3 is 0 Å². The van der Waals surface area contributed by atoms with Gasteiger partial charge in [0.15, 0.2) is 0 Å². The van der Waals surface area contributed by atoms with Crippen LogP contribution < -0.4 is 4.74 Å². The summed E-state index contributed by atoms with van der Waals surface area (Å²) >= 11 is 0.